The zero-order valence-electron chi connectivity index (χ0n) is 19.3. The van der Waals surface area contributed by atoms with Gasteiger partial charge in [0.25, 0.3) is 17.4 Å². The number of carbonyl (C=O) groups is 2. The Balaban J connectivity index is 1.50. The number of amides is 2. The van der Waals surface area contributed by atoms with Crippen molar-refractivity contribution >= 4 is 34.8 Å². The number of aromatic nitrogens is 2. The molecule has 2 aliphatic heterocycles. The van der Waals surface area contributed by atoms with Crippen LogP contribution in [0.1, 0.15) is 45.7 Å². The second-order valence-corrected chi connectivity index (χ2v) is 9.35. The number of nitrogens with one attached hydrogen (secondary N) is 2. The van der Waals surface area contributed by atoms with Crippen LogP contribution in [0, 0.1) is 5.92 Å². The second-order valence-electron chi connectivity index (χ2n) is 8.99. The first-order valence-electron chi connectivity index (χ1n) is 11.7. The van der Waals surface area contributed by atoms with E-state index in [0.717, 1.165) is 24.3 Å². The summed E-state index contributed by atoms with van der Waals surface area (Å²) in [5.74, 6) is -0.0965. The Hall–Kier alpha value is -3.65. The van der Waals surface area contributed by atoms with E-state index >= 15 is 0 Å². The molecule has 8 nitrogen and oxygen atoms in total. The third kappa shape index (κ3) is 4.53. The molecule has 180 valence electrons. The van der Waals surface area contributed by atoms with Crippen LogP contribution in [0.4, 0.5) is 11.4 Å². The Morgan fingerprint density at radius 3 is 2.74 bits per heavy atom. The summed E-state index contributed by atoms with van der Waals surface area (Å²) in [5.41, 5.74) is 3.16. The van der Waals surface area contributed by atoms with E-state index < -0.39 is 5.91 Å². The first kappa shape index (κ1) is 23.1. The quantitative estimate of drug-likeness (QED) is 0.532. The van der Waals surface area contributed by atoms with Crippen molar-refractivity contribution in [3.8, 4) is 0 Å². The molecular weight excluding hydrogens is 466 g/mol. The first-order chi connectivity index (χ1) is 16.9. The minimum Gasteiger partial charge on any atom is -0.369 e. The molecule has 0 aliphatic carbocycles. The van der Waals surface area contributed by atoms with Gasteiger partial charge in [-0.05, 0) is 55.7 Å². The van der Waals surface area contributed by atoms with E-state index in [1.54, 1.807) is 30.3 Å². The molecular formula is C26H26ClN5O3. The maximum Gasteiger partial charge on any atom is 0.258 e. The molecule has 2 bridgehead atoms. The molecule has 1 fully saturated rings. The van der Waals surface area contributed by atoms with Gasteiger partial charge < -0.3 is 20.1 Å². The summed E-state index contributed by atoms with van der Waals surface area (Å²) in [7, 11) is 0. The van der Waals surface area contributed by atoms with Gasteiger partial charge in [-0.3, -0.25) is 14.4 Å². The number of hydrogen-bond acceptors (Lipinski definition) is 5. The van der Waals surface area contributed by atoms with Gasteiger partial charge in [0.2, 0.25) is 0 Å². The topological polar surface area (TPSA) is 96.3 Å². The first-order valence-corrected chi connectivity index (χ1v) is 12.1. The Labute approximate surface area is 207 Å². The van der Waals surface area contributed by atoms with Crippen LogP contribution >= 0.6 is 11.6 Å². The van der Waals surface area contributed by atoms with Crippen molar-refractivity contribution in [3.05, 3.63) is 87.1 Å². The highest BCUT2D eigenvalue weighted by Crippen LogP contribution is 2.39. The summed E-state index contributed by atoms with van der Waals surface area (Å²) < 4.78 is 1.89. The van der Waals surface area contributed by atoms with Crippen LogP contribution in [0.15, 0.2) is 59.5 Å². The summed E-state index contributed by atoms with van der Waals surface area (Å²) in [6.07, 6.45) is 2.54. The van der Waals surface area contributed by atoms with Crippen LogP contribution in [0.2, 0.25) is 5.15 Å². The van der Waals surface area contributed by atoms with Crippen molar-refractivity contribution in [1.29, 1.82) is 0 Å². The number of hydrogen-bond donors (Lipinski definition) is 2. The highest BCUT2D eigenvalue weighted by Gasteiger charge is 2.35. The maximum absolute atomic E-state index is 13.1. The third-order valence-electron chi connectivity index (χ3n) is 6.67. The van der Waals surface area contributed by atoms with Crippen LogP contribution in [0.25, 0.3) is 0 Å². The minimum atomic E-state index is -0.397. The lowest BCUT2D eigenvalue weighted by Gasteiger charge is -2.44. The molecule has 2 aliphatic rings. The van der Waals surface area contributed by atoms with Crippen molar-refractivity contribution < 1.29 is 9.59 Å². The fourth-order valence-electron chi connectivity index (χ4n) is 5.15. The van der Waals surface area contributed by atoms with Gasteiger partial charge in [-0.25, -0.2) is 4.98 Å². The summed E-state index contributed by atoms with van der Waals surface area (Å²) in [6.45, 7) is 4.48. The zero-order chi connectivity index (χ0) is 24.5. The van der Waals surface area contributed by atoms with Crippen molar-refractivity contribution in [3.63, 3.8) is 0 Å². The highest BCUT2D eigenvalue weighted by atomic mass is 35.5. The molecule has 9 heteroatoms. The van der Waals surface area contributed by atoms with Gasteiger partial charge >= 0.3 is 0 Å². The minimum absolute atomic E-state index is 0.0400. The molecule has 0 spiro atoms. The van der Waals surface area contributed by atoms with Crippen molar-refractivity contribution in [2.45, 2.75) is 25.8 Å². The fourth-order valence-corrected chi connectivity index (χ4v) is 5.36. The maximum atomic E-state index is 13.1. The van der Waals surface area contributed by atoms with Gasteiger partial charge in [0.05, 0.1) is 16.9 Å². The van der Waals surface area contributed by atoms with E-state index in [1.807, 2.05) is 29.7 Å². The lowest BCUT2D eigenvalue weighted by Crippen LogP contribution is -2.47. The summed E-state index contributed by atoms with van der Waals surface area (Å²) in [6, 6.07) is 14.1. The molecule has 3 aromatic rings. The van der Waals surface area contributed by atoms with Gasteiger partial charge in [0.1, 0.15) is 5.15 Å². The normalized spacial score (nSPS) is 18.5. The van der Waals surface area contributed by atoms with E-state index in [2.05, 4.69) is 20.5 Å². The average molecular weight is 492 g/mol. The Kier molecular flexibility index (Phi) is 6.30. The van der Waals surface area contributed by atoms with Gasteiger partial charge in [-0.2, -0.15) is 0 Å². The summed E-state index contributed by atoms with van der Waals surface area (Å²) >= 11 is 6.15. The molecule has 35 heavy (non-hydrogen) atoms. The van der Waals surface area contributed by atoms with Gasteiger partial charge in [-0.15, -0.1) is 0 Å². The van der Waals surface area contributed by atoms with E-state index in [-0.39, 0.29) is 28.1 Å². The van der Waals surface area contributed by atoms with E-state index in [4.69, 9.17) is 11.6 Å². The number of piperidine rings is 1. The Bertz CT molecular complexity index is 1350. The molecule has 2 amide bonds. The average Bonchev–Trinajstić information content (AvgIpc) is 2.85. The number of fused-ring (bicyclic) bond motifs is 4. The lowest BCUT2D eigenvalue weighted by molar-refractivity contribution is 0.0954. The number of pyridine rings is 2. The molecule has 2 N–H and O–H groups in total. The number of halogens is 1. The number of anilines is 2. The van der Waals surface area contributed by atoms with Crippen LogP contribution in [0.5, 0.6) is 0 Å². The number of rotatable bonds is 5. The van der Waals surface area contributed by atoms with Crippen LogP contribution < -0.4 is 21.1 Å². The molecule has 1 saturated heterocycles. The molecule has 1 aromatic carbocycles. The molecule has 0 radical (unpaired) electrons. The molecule has 1 unspecified atom stereocenters. The molecule has 4 heterocycles. The van der Waals surface area contributed by atoms with Crippen molar-refractivity contribution in [2.75, 3.05) is 29.9 Å². The van der Waals surface area contributed by atoms with E-state index in [0.29, 0.717) is 36.8 Å². The van der Waals surface area contributed by atoms with Crippen LogP contribution in [-0.4, -0.2) is 41.0 Å². The fraction of sp³-hybridized carbons (Fsp3) is 0.308. The predicted molar refractivity (Wildman–Crippen MR) is 135 cm³/mol. The zero-order valence-corrected chi connectivity index (χ0v) is 20.1. The Morgan fingerprint density at radius 2 is 1.94 bits per heavy atom. The van der Waals surface area contributed by atoms with E-state index in [1.165, 1.54) is 6.20 Å². The van der Waals surface area contributed by atoms with Gasteiger partial charge in [0, 0.05) is 55.6 Å². The van der Waals surface area contributed by atoms with Crippen molar-refractivity contribution in [2.24, 2.45) is 5.92 Å². The Morgan fingerprint density at radius 1 is 1.09 bits per heavy atom. The summed E-state index contributed by atoms with van der Waals surface area (Å²) in [4.78, 5) is 44.2. The number of carbonyl (C=O) groups excluding carboxylic acids is 2. The molecule has 2 atom stereocenters. The monoisotopic (exact) mass is 491 g/mol. The van der Waals surface area contributed by atoms with Crippen LogP contribution in [0.3, 0.4) is 0 Å². The highest BCUT2D eigenvalue weighted by molar-refractivity contribution is 6.33. The number of nitrogens with zero attached hydrogens (tertiary/aromatic N) is 3. The summed E-state index contributed by atoms with van der Waals surface area (Å²) in [5, 5.41) is 5.87. The molecule has 0 saturated carbocycles. The third-order valence-corrected chi connectivity index (χ3v) is 6.97. The number of benzene rings is 1. The smallest absolute Gasteiger partial charge is 0.258 e. The van der Waals surface area contributed by atoms with E-state index in [9.17, 15) is 14.4 Å². The molecule has 5 rings (SSSR count). The predicted octanol–water partition coefficient (Wildman–Crippen LogP) is 3.52. The second kappa shape index (κ2) is 9.54. The van der Waals surface area contributed by atoms with Gasteiger partial charge in [-0.1, -0.05) is 17.7 Å². The van der Waals surface area contributed by atoms with Crippen molar-refractivity contribution in [1.82, 2.24) is 14.9 Å². The largest absolute Gasteiger partial charge is 0.369 e. The van der Waals surface area contributed by atoms with Crippen LogP contribution in [-0.2, 0) is 6.54 Å². The standard InChI is InChI=1S/C26H26ClN5O3/c1-2-28-25(34)17-8-9-22(20(12-17)30-26(35)19-5-4-10-29-24(19)27)31-13-16-11-18(15-31)21-6-3-7-23(33)32(21)14-16/h3-10,12,16,18H,2,11,13-15H2,1H3,(H,28,34)(H,30,35)/t16-,18?/m1/s1. The SMILES string of the molecule is CCNC(=O)c1ccc(N2CC3C[C@H](C2)Cn2c3cccc2=O)c(NC(=O)c2cccnc2Cl)c1. The lowest BCUT2D eigenvalue weighted by atomic mass is 9.83. The molecule has 2 aromatic heterocycles. The van der Waals surface area contributed by atoms with Gasteiger partial charge in [0.15, 0.2) is 0 Å².